The van der Waals surface area contributed by atoms with E-state index in [1.54, 1.807) is 18.2 Å². The largest absolute Gasteiger partial charge is 0.466 e. The summed E-state index contributed by atoms with van der Waals surface area (Å²) in [5.74, 6) is -2.45. The molecule has 2 fully saturated rings. The first-order valence-electron chi connectivity index (χ1n) is 24.8. The Morgan fingerprint density at radius 1 is 0.985 bits per heavy atom. The second-order valence-electron chi connectivity index (χ2n) is 24.1. The van der Waals surface area contributed by atoms with Gasteiger partial charge in [0.05, 0.1) is 37.6 Å². The topological polar surface area (TPSA) is 128 Å². The summed E-state index contributed by atoms with van der Waals surface area (Å²) in [4.78, 5) is 27.9. The van der Waals surface area contributed by atoms with Crippen LogP contribution in [0, 0.1) is 23.7 Å². The minimum atomic E-state index is -2.23. The molecule has 1 spiro atoms. The number of esters is 2. The molecule has 0 aromatic heterocycles. The molecular formula is C52H94O11Si3. The van der Waals surface area contributed by atoms with Crippen LogP contribution < -0.4 is 0 Å². The highest BCUT2D eigenvalue weighted by Crippen LogP contribution is 2.47. The second-order valence-corrected chi connectivity index (χ2v) is 40.1. The van der Waals surface area contributed by atoms with E-state index in [1.165, 1.54) is 19.8 Å². The number of methoxy groups -OCH3 is 2. The zero-order valence-corrected chi connectivity index (χ0v) is 47.9. The van der Waals surface area contributed by atoms with Gasteiger partial charge >= 0.3 is 11.9 Å². The molecule has 14 heteroatoms. The van der Waals surface area contributed by atoms with Crippen LogP contribution in [0.1, 0.15) is 101 Å². The summed E-state index contributed by atoms with van der Waals surface area (Å²) in [6.45, 7) is 38.3. The third kappa shape index (κ3) is 16.7. The van der Waals surface area contributed by atoms with Crippen molar-refractivity contribution < 1.29 is 52.3 Å². The van der Waals surface area contributed by atoms with Crippen LogP contribution in [0.4, 0.5) is 0 Å². The van der Waals surface area contributed by atoms with E-state index in [0.717, 1.165) is 50.6 Å². The van der Waals surface area contributed by atoms with Crippen molar-refractivity contribution in [1.82, 2.24) is 0 Å². The number of allylic oxidation sites excluding steroid dienone is 4. The van der Waals surface area contributed by atoms with E-state index < -0.39 is 65.9 Å². The molecule has 0 saturated carbocycles. The Kier molecular flexibility index (Phi) is 21.7. The van der Waals surface area contributed by atoms with E-state index in [9.17, 15) is 14.7 Å². The number of hydrogen-bond donors (Lipinski definition) is 1. The summed E-state index contributed by atoms with van der Waals surface area (Å²) in [7, 11) is -2.21. The lowest BCUT2D eigenvalue weighted by Crippen LogP contribution is -2.62. The monoisotopic (exact) mass is 979 g/mol. The third-order valence-corrected chi connectivity index (χ3v) is 22.1. The standard InChI is InChI=1S/C52H94O11Si3/c1-36(2)45-39(5)25-26-51(62-45)34-42(63-66(18,19)50(7,8)9)33-41(61-51)24-23-38(4)31-37(3)21-20-22-43(48(53)57-11)52(55)44(49(54)59-28-30-65(15,16)17)32-40(6)46(56-10)47(52)60-35-58-27-29-64(12,13)14/h20-23,32,36-37,39,41-42,44-47,55H,24-31,33-35H2,1-19H3/b21-20+,38-23+,43-22+/t37-,39-,41+,42-,44-,45+,46+,47+,51+,52+/m0/s1. The van der Waals surface area contributed by atoms with Crippen molar-refractivity contribution in [3.05, 3.63) is 47.1 Å². The van der Waals surface area contributed by atoms with Gasteiger partial charge in [-0.25, -0.2) is 4.79 Å². The molecule has 3 aliphatic rings. The maximum Gasteiger partial charge on any atom is 0.336 e. The molecule has 66 heavy (non-hydrogen) atoms. The average Bonchev–Trinajstić information content (AvgIpc) is 3.18. The van der Waals surface area contributed by atoms with Crippen LogP contribution in [0.5, 0.6) is 0 Å². The third-order valence-electron chi connectivity index (χ3n) is 14.2. The van der Waals surface area contributed by atoms with Gasteiger partial charge in [-0.1, -0.05) is 118 Å². The first kappa shape index (κ1) is 58.6. The number of carbonyl (C=O) groups is 2. The van der Waals surface area contributed by atoms with E-state index in [2.05, 4.69) is 114 Å². The maximum absolute atomic E-state index is 14.1. The van der Waals surface area contributed by atoms with Crippen LogP contribution >= 0.6 is 0 Å². The molecule has 1 N–H and O–H groups in total. The quantitative estimate of drug-likeness (QED) is 0.0212. The second kappa shape index (κ2) is 24.4. The van der Waals surface area contributed by atoms with E-state index in [-0.39, 0.29) is 48.2 Å². The van der Waals surface area contributed by atoms with E-state index in [0.29, 0.717) is 24.0 Å². The van der Waals surface area contributed by atoms with Gasteiger partial charge in [-0.2, -0.15) is 0 Å². The van der Waals surface area contributed by atoms with Gasteiger partial charge in [-0.3, -0.25) is 4.79 Å². The van der Waals surface area contributed by atoms with Crippen molar-refractivity contribution >= 4 is 36.4 Å². The van der Waals surface area contributed by atoms with E-state index >= 15 is 0 Å². The van der Waals surface area contributed by atoms with Crippen LogP contribution in [-0.2, 0) is 47.2 Å². The van der Waals surface area contributed by atoms with Gasteiger partial charge in [-0.15, -0.1) is 0 Å². The molecule has 2 heterocycles. The van der Waals surface area contributed by atoms with Crippen molar-refractivity contribution in [2.45, 2.75) is 212 Å². The number of ether oxygens (including phenoxy) is 7. The van der Waals surface area contributed by atoms with Crippen molar-refractivity contribution in [1.29, 1.82) is 0 Å². The van der Waals surface area contributed by atoms with Crippen molar-refractivity contribution in [3.63, 3.8) is 0 Å². The molecule has 380 valence electrons. The predicted octanol–water partition coefficient (Wildman–Crippen LogP) is 11.6. The highest BCUT2D eigenvalue weighted by Gasteiger charge is 2.59. The maximum atomic E-state index is 14.1. The fourth-order valence-electron chi connectivity index (χ4n) is 9.15. The average molecular weight is 980 g/mol. The first-order chi connectivity index (χ1) is 30.4. The summed E-state index contributed by atoms with van der Waals surface area (Å²) >= 11 is 0. The molecule has 1 aliphatic carbocycles. The zero-order valence-electron chi connectivity index (χ0n) is 44.9. The Balaban J connectivity index is 1.92. The number of rotatable bonds is 22. The number of aliphatic hydroxyl groups is 1. The van der Waals surface area contributed by atoms with Crippen LogP contribution in [0.2, 0.25) is 69.5 Å². The van der Waals surface area contributed by atoms with Crippen LogP contribution in [-0.4, -0.2) is 118 Å². The summed E-state index contributed by atoms with van der Waals surface area (Å²) in [5.41, 5.74) is -0.480. The zero-order chi connectivity index (χ0) is 50.1. The summed E-state index contributed by atoms with van der Waals surface area (Å²) in [5, 5.41) is 13.1. The normalized spacial score (nSPS) is 30.2. The molecule has 3 rings (SSSR count). The molecule has 0 bridgehead atoms. The predicted molar refractivity (Wildman–Crippen MR) is 274 cm³/mol. The highest BCUT2D eigenvalue weighted by atomic mass is 28.4. The van der Waals surface area contributed by atoms with Crippen LogP contribution in [0.15, 0.2) is 47.1 Å². The molecule has 2 saturated heterocycles. The minimum Gasteiger partial charge on any atom is -0.466 e. The van der Waals surface area contributed by atoms with Gasteiger partial charge in [0.25, 0.3) is 0 Å². The Morgan fingerprint density at radius 2 is 1.62 bits per heavy atom. The first-order valence-corrected chi connectivity index (χ1v) is 35.2. The molecule has 0 aromatic carbocycles. The molecule has 0 aromatic rings. The highest BCUT2D eigenvalue weighted by molar-refractivity contribution is 6.76. The number of carbonyl (C=O) groups excluding carboxylic acids is 2. The Hall–Kier alpha value is -1.73. The van der Waals surface area contributed by atoms with Gasteiger partial charge in [0.2, 0.25) is 0 Å². The van der Waals surface area contributed by atoms with Gasteiger partial charge < -0.3 is 42.7 Å². The lowest BCUT2D eigenvalue weighted by molar-refractivity contribution is -0.338. The van der Waals surface area contributed by atoms with Crippen molar-refractivity contribution in [2.24, 2.45) is 23.7 Å². The summed E-state index contributed by atoms with van der Waals surface area (Å²) in [6, 6.07) is 1.67. The Morgan fingerprint density at radius 3 is 2.20 bits per heavy atom. The van der Waals surface area contributed by atoms with Crippen molar-refractivity contribution in [3.8, 4) is 0 Å². The van der Waals surface area contributed by atoms with Crippen LogP contribution in [0.3, 0.4) is 0 Å². The van der Waals surface area contributed by atoms with Crippen LogP contribution in [0.25, 0.3) is 0 Å². The molecule has 0 radical (unpaired) electrons. The smallest absolute Gasteiger partial charge is 0.336 e. The summed E-state index contributed by atoms with van der Waals surface area (Å²) in [6.07, 6.45) is 12.4. The lowest BCUT2D eigenvalue weighted by atomic mass is 9.69. The van der Waals surface area contributed by atoms with Gasteiger partial charge in [0, 0.05) is 42.7 Å². The molecular weight excluding hydrogens is 885 g/mol. The van der Waals surface area contributed by atoms with Gasteiger partial charge in [-0.05, 0) is 99.2 Å². The fraction of sp³-hybridized carbons (Fsp3) is 0.808. The minimum absolute atomic E-state index is 0.0398. The molecule has 2 aliphatic heterocycles. The molecule has 10 atom stereocenters. The fourth-order valence-corrected chi connectivity index (χ4v) is 12.0. The molecule has 0 unspecified atom stereocenters. The Labute approximate surface area is 404 Å². The van der Waals surface area contributed by atoms with E-state index in [1.807, 2.05) is 13.0 Å². The summed E-state index contributed by atoms with van der Waals surface area (Å²) < 4.78 is 50.4. The van der Waals surface area contributed by atoms with E-state index in [4.69, 9.17) is 37.6 Å². The molecule has 11 nitrogen and oxygen atoms in total. The molecule has 0 amide bonds. The SMILES string of the molecule is COC(=O)/C(=C\C=C\[C@H](C)C/C(C)=C/C[C@@H]1C[C@H](O[Si](C)(C)C(C)(C)C)C[C@]2(CC[C@H](C)[C@@H](C(C)C)O2)O1)[C@]1(O)[C@H](OCOCC[Si](C)(C)C)[C@H](OC)C(C)=C[C@H]1C(=O)OCC[Si](C)(C)C. The van der Waals surface area contributed by atoms with Crippen molar-refractivity contribution in [2.75, 3.05) is 34.2 Å². The van der Waals surface area contributed by atoms with Gasteiger partial charge in [0.1, 0.15) is 30.5 Å². The number of hydrogen-bond acceptors (Lipinski definition) is 11. The van der Waals surface area contributed by atoms with Gasteiger partial charge in [0.15, 0.2) is 14.1 Å². The lowest BCUT2D eigenvalue weighted by Gasteiger charge is -2.52. The Bertz CT molecular complexity index is 1700.